The van der Waals surface area contributed by atoms with Crippen LogP contribution in [0.15, 0.2) is 29.3 Å². The SMILES string of the molecule is CCN(C)CCNC(=NC)N(C)Cc1cccc(F)c1.I. The molecule has 120 valence electrons. The molecule has 0 unspecified atom stereocenters. The molecule has 0 saturated heterocycles. The first-order valence-electron chi connectivity index (χ1n) is 6.91. The summed E-state index contributed by atoms with van der Waals surface area (Å²) in [6, 6.07) is 6.65. The van der Waals surface area contributed by atoms with Crippen molar-refractivity contribution in [1.29, 1.82) is 0 Å². The van der Waals surface area contributed by atoms with Gasteiger partial charge in [-0.25, -0.2) is 4.39 Å². The van der Waals surface area contributed by atoms with Crippen LogP contribution in [0.5, 0.6) is 0 Å². The summed E-state index contributed by atoms with van der Waals surface area (Å²) in [5.41, 5.74) is 0.932. The third kappa shape index (κ3) is 7.61. The molecule has 0 spiro atoms. The molecule has 0 heterocycles. The van der Waals surface area contributed by atoms with E-state index in [0.29, 0.717) is 6.54 Å². The molecule has 21 heavy (non-hydrogen) atoms. The van der Waals surface area contributed by atoms with Crippen LogP contribution in [0.1, 0.15) is 12.5 Å². The number of likely N-dealkylation sites (N-methyl/N-ethyl adjacent to an activating group) is 1. The minimum absolute atomic E-state index is 0. The number of hydrogen-bond donors (Lipinski definition) is 1. The van der Waals surface area contributed by atoms with E-state index in [4.69, 9.17) is 0 Å². The Bertz CT molecular complexity index is 439. The number of halogens is 2. The molecule has 0 saturated carbocycles. The second kappa shape index (κ2) is 10.8. The maximum Gasteiger partial charge on any atom is 0.193 e. The van der Waals surface area contributed by atoms with Crippen molar-refractivity contribution in [3.8, 4) is 0 Å². The van der Waals surface area contributed by atoms with Gasteiger partial charge in [0, 0.05) is 33.7 Å². The summed E-state index contributed by atoms with van der Waals surface area (Å²) in [6.45, 7) is 5.58. The zero-order chi connectivity index (χ0) is 15.0. The number of hydrogen-bond acceptors (Lipinski definition) is 2. The van der Waals surface area contributed by atoms with Gasteiger partial charge in [0.2, 0.25) is 0 Å². The first-order chi connectivity index (χ1) is 9.56. The molecule has 0 aliphatic rings. The van der Waals surface area contributed by atoms with E-state index in [1.54, 1.807) is 19.2 Å². The van der Waals surface area contributed by atoms with Gasteiger partial charge in [0.1, 0.15) is 5.82 Å². The Morgan fingerprint density at radius 2 is 2.05 bits per heavy atom. The smallest absolute Gasteiger partial charge is 0.193 e. The summed E-state index contributed by atoms with van der Waals surface area (Å²) in [6.07, 6.45) is 0. The van der Waals surface area contributed by atoms with Gasteiger partial charge in [0.25, 0.3) is 0 Å². The zero-order valence-electron chi connectivity index (χ0n) is 13.3. The number of aliphatic imine (C=N–C) groups is 1. The van der Waals surface area contributed by atoms with E-state index in [9.17, 15) is 4.39 Å². The third-order valence-corrected chi connectivity index (χ3v) is 3.20. The lowest BCUT2D eigenvalue weighted by atomic mass is 10.2. The predicted molar refractivity (Wildman–Crippen MR) is 97.8 cm³/mol. The second-order valence-corrected chi connectivity index (χ2v) is 4.86. The van der Waals surface area contributed by atoms with Crippen LogP contribution in [0, 0.1) is 5.82 Å². The quantitative estimate of drug-likeness (QED) is 0.446. The molecule has 0 fully saturated rings. The molecule has 6 heteroatoms. The van der Waals surface area contributed by atoms with E-state index in [1.807, 2.05) is 18.0 Å². The van der Waals surface area contributed by atoms with Gasteiger partial charge < -0.3 is 15.1 Å². The molecule has 0 atom stereocenters. The standard InChI is InChI=1S/C15H25FN4.HI/c1-5-19(3)10-9-18-15(17-2)20(4)12-13-7-6-8-14(16)11-13;/h6-8,11H,5,9-10,12H2,1-4H3,(H,17,18);1H. The fourth-order valence-corrected chi connectivity index (χ4v) is 1.89. The normalized spacial score (nSPS) is 11.2. The van der Waals surface area contributed by atoms with E-state index in [2.05, 4.69) is 29.2 Å². The Labute approximate surface area is 144 Å². The fourth-order valence-electron chi connectivity index (χ4n) is 1.89. The van der Waals surface area contributed by atoms with Gasteiger partial charge in [0.15, 0.2) is 5.96 Å². The van der Waals surface area contributed by atoms with E-state index < -0.39 is 0 Å². The van der Waals surface area contributed by atoms with Gasteiger partial charge >= 0.3 is 0 Å². The number of rotatable bonds is 6. The Balaban J connectivity index is 0.00000400. The van der Waals surface area contributed by atoms with Crippen LogP contribution >= 0.6 is 24.0 Å². The first kappa shape index (κ1) is 20.1. The number of nitrogens with one attached hydrogen (secondary N) is 1. The molecule has 0 aliphatic heterocycles. The molecule has 0 aromatic heterocycles. The van der Waals surface area contributed by atoms with Crippen molar-refractivity contribution in [3.63, 3.8) is 0 Å². The lowest BCUT2D eigenvalue weighted by molar-refractivity contribution is 0.353. The first-order valence-corrected chi connectivity index (χ1v) is 6.91. The molecule has 1 N–H and O–H groups in total. The maximum absolute atomic E-state index is 13.2. The highest BCUT2D eigenvalue weighted by molar-refractivity contribution is 14.0. The molecule has 1 rings (SSSR count). The average Bonchev–Trinajstić information content (AvgIpc) is 2.43. The minimum Gasteiger partial charge on any atom is -0.355 e. The van der Waals surface area contributed by atoms with Gasteiger partial charge in [-0.05, 0) is 31.3 Å². The van der Waals surface area contributed by atoms with Crippen LogP contribution in [0.2, 0.25) is 0 Å². The number of nitrogens with zero attached hydrogens (tertiary/aromatic N) is 3. The van der Waals surface area contributed by atoms with Gasteiger partial charge in [-0.1, -0.05) is 19.1 Å². The monoisotopic (exact) mass is 408 g/mol. The van der Waals surface area contributed by atoms with E-state index in [-0.39, 0.29) is 29.8 Å². The average molecular weight is 408 g/mol. The predicted octanol–water partition coefficient (Wildman–Crippen LogP) is 2.40. The van der Waals surface area contributed by atoms with Crippen LogP contribution in [-0.4, -0.2) is 56.5 Å². The summed E-state index contributed by atoms with van der Waals surface area (Å²) >= 11 is 0. The van der Waals surface area contributed by atoms with Gasteiger partial charge in [0.05, 0.1) is 0 Å². The van der Waals surface area contributed by atoms with Crippen molar-refractivity contribution in [2.45, 2.75) is 13.5 Å². The van der Waals surface area contributed by atoms with Crippen molar-refractivity contribution in [2.24, 2.45) is 4.99 Å². The van der Waals surface area contributed by atoms with Crippen molar-refractivity contribution >= 4 is 29.9 Å². The Hall–Kier alpha value is -0.890. The Kier molecular flexibility index (Phi) is 10.3. The highest BCUT2D eigenvalue weighted by Gasteiger charge is 2.07. The maximum atomic E-state index is 13.2. The highest BCUT2D eigenvalue weighted by Crippen LogP contribution is 2.06. The highest BCUT2D eigenvalue weighted by atomic mass is 127. The van der Waals surface area contributed by atoms with Crippen LogP contribution in [-0.2, 0) is 6.54 Å². The van der Waals surface area contributed by atoms with Crippen LogP contribution in [0.4, 0.5) is 4.39 Å². The van der Waals surface area contributed by atoms with Crippen molar-refractivity contribution < 1.29 is 4.39 Å². The molecule has 0 radical (unpaired) electrons. The molecular formula is C15H26FIN4. The van der Waals surface area contributed by atoms with Gasteiger partial charge in [-0.3, -0.25) is 4.99 Å². The third-order valence-electron chi connectivity index (χ3n) is 3.20. The lowest BCUT2D eigenvalue weighted by Crippen LogP contribution is -2.41. The zero-order valence-corrected chi connectivity index (χ0v) is 15.6. The summed E-state index contributed by atoms with van der Waals surface area (Å²) in [5.74, 6) is 0.613. The Morgan fingerprint density at radius 3 is 2.62 bits per heavy atom. The van der Waals surface area contributed by atoms with Crippen LogP contribution < -0.4 is 5.32 Å². The summed E-state index contributed by atoms with van der Waals surface area (Å²) in [4.78, 5) is 8.46. The molecule has 0 aliphatic carbocycles. The molecule has 4 nitrogen and oxygen atoms in total. The minimum atomic E-state index is -0.205. The molecular weight excluding hydrogens is 382 g/mol. The second-order valence-electron chi connectivity index (χ2n) is 4.86. The van der Waals surface area contributed by atoms with Crippen molar-refractivity contribution in [3.05, 3.63) is 35.6 Å². The van der Waals surface area contributed by atoms with Gasteiger partial charge in [-0.2, -0.15) is 0 Å². The van der Waals surface area contributed by atoms with E-state index >= 15 is 0 Å². The molecule has 0 amide bonds. The summed E-state index contributed by atoms with van der Waals surface area (Å²) in [5, 5.41) is 3.31. The van der Waals surface area contributed by atoms with Gasteiger partial charge in [-0.15, -0.1) is 24.0 Å². The van der Waals surface area contributed by atoms with Crippen molar-refractivity contribution in [2.75, 3.05) is 40.8 Å². The van der Waals surface area contributed by atoms with E-state index in [1.165, 1.54) is 6.07 Å². The fraction of sp³-hybridized carbons (Fsp3) is 0.533. The summed E-state index contributed by atoms with van der Waals surface area (Å²) in [7, 11) is 5.79. The topological polar surface area (TPSA) is 30.9 Å². The largest absolute Gasteiger partial charge is 0.355 e. The van der Waals surface area contributed by atoms with Crippen molar-refractivity contribution in [1.82, 2.24) is 15.1 Å². The van der Waals surface area contributed by atoms with Crippen LogP contribution in [0.25, 0.3) is 0 Å². The lowest BCUT2D eigenvalue weighted by Gasteiger charge is -2.23. The van der Waals surface area contributed by atoms with E-state index in [0.717, 1.165) is 31.2 Å². The number of guanidine groups is 1. The summed E-state index contributed by atoms with van der Waals surface area (Å²) < 4.78 is 13.2. The molecule has 0 bridgehead atoms. The number of benzene rings is 1. The molecule has 1 aromatic rings. The molecule has 1 aromatic carbocycles. The van der Waals surface area contributed by atoms with Crippen LogP contribution in [0.3, 0.4) is 0 Å². The Morgan fingerprint density at radius 1 is 1.33 bits per heavy atom.